The van der Waals surface area contributed by atoms with E-state index in [0.717, 1.165) is 55.6 Å². The number of benzene rings is 1. The molecule has 0 aliphatic carbocycles. The van der Waals surface area contributed by atoms with Gasteiger partial charge >= 0.3 is 0 Å². The fourth-order valence-electron chi connectivity index (χ4n) is 4.43. The highest BCUT2D eigenvalue weighted by atomic mass is 32.1. The average Bonchev–Trinajstić information content (AvgIpc) is 3.52. The second-order valence-electron chi connectivity index (χ2n) is 8.33. The molecule has 7 heteroatoms. The maximum absolute atomic E-state index is 13.0. The summed E-state index contributed by atoms with van der Waals surface area (Å²) < 4.78 is 1.98. The third-order valence-electron chi connectivity index (χ3n) is 6.25. The third-order valence-corrected chi connectivity index (χ3v) is 7.24. The van der Waals surface area contributed by atoms with Crippen LogP contribution in [0.4, 0.5) is 5.13 Å². The maximum atomic E-state index is 13.0. The van der Waals surface area contributed by atoms with Gasteiger partial charge in [0, 0.05) is 44.1 Å². The van der Waals surface area contributed by atoms with Crippen LogP contribution in [-0.2, 0) is 11.2 Å². The predicted octanol–water partition coefficient (Wildman–Crippen LogP) is 4.15. The summed E-state index contributed by atoms with van der Waals surface area (Å²) in [6, 6.07) is 14.6. The second-order valence-corrected chi connectivity index (χ2v) is 9.26. The first-order valence-electron chi connectivity index (χ1n) is 11.0. The van der Waals surface area contributed by atoms with Gasteiger partial charge < -0.3 is 9.80 Å². The highest BCUT2D eigenvalue weighted by Gasteiger charge is 2.30. The van der Waals surface area contributed by atoms with Gasteiger partial charge in [0.2, 0.25) is 16.2 Å². The summed E-state index contributed by atoms with van der Waals surface area (Å²) in [4.78, 5) is 17.2. The number of amides is 1. The summed E-state index contributed by atoms with van der Waals surface area (Å²) in [6.07, 6.45) is 12.0. The summed E-state index contributed by atoms with van der Waals surface area (Å²) in [5.74, 6) is 0.892. The van der Waals surface area contributed by atoms with Crippen LogP contribution in [0, 0.1) is 11.8 Å². The Morgan fingerprint density at radius 1 is 0.935 bits per heavy atom. The first kappa shape index (κ1) is 20.0. The van der Waals surface area contributed by atoms with E-state index in [1.54, 1.807) is 11.3 Å². The van der Waals surface area contributed by atoms with Gasteiger partial charge in [-0.2, -0.15) is 0 Å². The van der Waals surface area contributed by atoms with Crippen molar-refractivity contribution in [1.82, 2.24) is 19.7 Å². The van der Waals surface area contributed by atoms with E-state index in [2.05, 4.69) is 51.5 Å². The van der Waals surface area contributed by atoms with Crippen molar-refractivity contribution in [2.24, 2.45) is 11.8 Å². The van der Waals surface area contributed by atoms with E-state index in [9.17, 15) is 4.79 Å². The van der Waals surface area contributed by atoms with E-state index in [-0.39, 0.29) is 11.8 Å². The van der Waals surface area contributed by atoms with Crippen molar-refractivity contribution >= 4 is 22.4 Å². The number of hydrogen-bond donors (Lipinski definition) is 0. The molecule has 6 nitrogen and oxygen atoms in total. The lowest BCUT2D eigenvalue weighted by Crippen LogP contribution is -2.42. The van der Waals surface area contributed by atoms with Gasteiger partial charge in [0.1, 0.15) is 0 Å². The highest BCUT2D eigenvalue weighted by Crippen LogP contribution is 2.29. The monoisotopic (exact) mass is 433 g/mol. The molecule has 2 aliphatic heterocycles. The molecule has 0 radical (unpaired) electrons. The first-order valence-corrected chi connectivity index (χ1v) is 11.8. The van der Waals surface area contributed by atoms with Crippen LogP contribution in [0.25, 0.3) is 5.13 Å². The number of anilines is 1. The van der Waals surface area contributed by atoms with Crippen LogP contribution in [0.15, 0.2) is 67.1 Å². The van der Waals surface area contributed by atoms with Gasteiger partial charge in [-0.25, -0.2) is 0 Å². The number of nitrogens with zero attached hydrogens (tertiary/aromatic N) is 5. The van der Waals surface area contributed by atoms with Crippen molar-refractivity contribution in [2.45, 2.75) is 25.7 Å². The van der Waals surface area contributed by atoms with Gasteiger partial charge in [0.15, 0.2) is 0 Å². The molecule has 0 spiro atoms. The van der Waals surface area contributed by atoms with E-state index in [0.29, 0.717) is 5.92 Å². The van der Waals surface area contributed by atoms with Crippen LogP contribution in [-0.4, -0.2) is 45.2 Å². The largest absolute Gasteiger partial charge is 0.347 e. The van der Waals surface area contributed by atoms with Crippen LogP contribution in [0.1, 0.15) is 24.8 Å². The van der Waals surface area contributed by atoms with Crippen molar-refractivity contribution in [3.63, 3.8) is 0 Å². The SMILES string of the molecule is O=C(C1CCN(c2nnc(-n3cccc3)s2)CC1)N1C=C[C@H](Cc2ccccc2)CC1. The molecular weight excluding hydrogens is 406 g/mol. The lowest BCUT2D eigenvalue weighted by atomic mass is 9.92. The van der Waals surface area contributed by atoms with Crippen molar-refractivity contribution in [3.05, 3.63) is 72.7 Å². The molecule has 2 aromatic heterocycles. The quantitative estimate of drug-likeness (QED) is 0.607. The zero-order chi connectivity index (χ0) is 21.0. The first-order chi connectivity index (χ1) is 15.3. The molecule has 4 heterocycles. The van der Waals surface area contributed by atoms with Crippen molar-refractivity contribution in [1.29, 1.82) is 0 Å². The molecule has 0 saturated carbocycles. The highest BCUT2D eigenvalue weighted by molar-refractivity contribution is 7.17. The number of carbonyl (C=O) groups excluding carboxylic acids is 1. The fraction of sp³-hybridized carbons (Fsp3) is 0.375. The Bertz CT molecular complexity index is 1020. The lowest BCUT2D eigenvalue weighted by molar-refractivity contribution is -0.133. The molecular formula is C24H27N5OS. The molecule has 1 fully saturated rings. The van der Waals surface area contributed by atoms with Crippen LogP contribution >= 0.6 is 11.3 Å². The molecule has 1 saturated heterocycles. The Kier molecular flexibility index (Phi) is 5.84. The van der Waals surface area contributed by atoms with Crippen molar-refractivity contribution in [2.75, 3.05) is 24.5 Å². The molecule has 1 atom stereocenters. The van der Waals surface area contributed by atoms with Crippen LogP contribution < -0.4 is 4.90 Å². The average molecular weight is 434 g/mol. The van der Waals surface area contributed by atoms with Gasteiger partial charge in [0.05, 0.1) is 0 Å². The molecule has 0 unspecified atom stereocenters. The minimum absolute atomic E-state index is 0.100. The van der Waals surface area contributed by atoms with E-state index >= 15 is 0 Å². The van der Waals surface area contributed by atoms with Gasteiger partial charge in [-0.3, -0.25) is 9.36 Å². The van der Waals surface area contributed by atoms with Gasteiger partial charge in [-0.1, -0.05) is 47.7 Å². The standard InChI is InChI=1S/C24H27N5OS/c30-22(27-14-8-20(9-15-27)18-19-6-2-1-3-7-19)21-10-16-29(17-11-21)24-26-25-23(31-24)28-12-4-5-13-28/h1-8,12-14,20-21H,9-11,15-18H2/t20-/m0/s1. The zero-order valence-corrected chi connectivity index (χ0v) is 18.3. The summed E-state index contributed by atoms with van der Waals surface area (Å²) in [6.45, 7) is 2.53. The number of allylic oxidation sites excluding steroid dienone is 1. The molecule has 1 amide bonds. The predicted molar refractivity (Wildman–Crippen MR) is 123 cm³/mol. The number of aromatic nitrogens is 3. The molecule has 5 rings (SSSR count). The van der Waals surface area contributed by atoms with Crippen LogP contribution in [0.3, 0.4) is 0 Å². The topological polar surface area (TPSA) is 54.3 Å². The molecule has 3 aromatic rings. The summed E-state index contributed by atoms with van der Waals surface area (Å²) >= 11 is 1.60. The number of rotatable bonds is 5. The number of hydrogen-bond acceptors (Lipinski definition) is 5. The van der Waals surface area contributed by atoms with Crippen molar-refractivity contribution < 1.29 is 4.79 Å². The van der Waals surface area contributed by atoms with Gasteiger partial charge in [0.25, 0.3) is 0 Å². The second kappa shape index (κ2) is 9.06. The summed E-state index contributed by atoms with van der Waals surface area (Å²) in [5.41, 5.74) is 1.36. The van der Waals surface area contributed by atoms with E-state index in [1.807, 2.05) is 40.2 Å². The van der Waals surface area contributed by atoms with Crippen molar-refractivity contribution in [3.8, 4) is 5.13 Å². The molecule has 0 bridgehead atoms. The third kappa shape index (κ3) is 4.56. The minimum Gasteiger partial charge on any atom is -0.347 e. The Morgan fingerprint density at radius 2 is 1.68 bits per heavy atom. The molecule has 2 aliphatic rings. The van der Waals surface area contributed by atoms with Gasteiger partial charge in [-0.15, -0.1) is 10.2 Å². The summed E-state index contributed by atoms with van der Waals surface area (Å²) in [5, 5.41) is 10.5. The lowest BCUT2D eigenvalue weighted by Gasteiger charge is -2.34. The van der Waals surface area contributed by atoms with Crippen LogP contribution in [0.5, 0.6) is 0 Å². The zero-order valence-electron chi connectivity index (χ0n) is 17.5. The summed E-state index contributed by atoms with van der Waals surface area (Å²) in [7, 11) is 0. The fourth-order valence-corrected chi connectivity index (χ4v) is 5.29. The maximum Gasteiger partial charge on any atom is 0.229 e. The normalized spacial score (nSPS) is 19.7. The molecule has 0 N–H and O–H groups in total. The number of carbonyl (C=O) groups is 1. The Labute approximate surface area is 186 Å². The van der Waals surface area contributed by atoms with Gasteiger partial charge in [-0.05, 0) is 49.3 Å². The van der Waals surface area contributed by atoms with Crippen LogP contribution in [0.2, 0.25) is 0 Å². The molecule has 31 heavy (non-hydrogen) atoms. The number of piperidine rings is 1. The minimum atomic E-state index is 0.100. The smallest absolute Gasteiger partial charge is 0.229 e. The van der Waals surface area contributed by atoms with E-state index < -0.39 is 0 Å². The van der Waals surface area contributed by atoms with E-state index in [4.69, 9.17) is 0 Å². The Balaban J connectivity index is 1.13. The van der Waals surface area contributed by atoms with E-state index in [1.165, 1.54) is 5.56 Å². The Morgan fingerprint density at radius 3 is 2.39 bits per heavy atom. The Hall–Kier alpha value is -2.93. The molecule has 1 aromatic carbocycles. The molecule has 160 valence electrons.